The van der Waals surface area contributed by atoms with Crippen LogP contribution in [0, 0.1) is 5.41 Å². The molecule has 1 saturated heterocycles. The van der Waals surface area contributed by atoms with Gasteiger partial charge in [-0.15, -0.1) is 0 Å². The lowest BCUT2D eigenvalue weighted by Gasteiger charge is -2.38. The smallest absolute Gasteiger partial charge is 0.239 e. The van der Waals surface area contributed by atoms with Crippen molar-refractivity contribution in [2.45, 2.75) is 32.7 Å². The average Bonchev–Trinajstić information content (AvgIpc) is 3.07. The van der Waals surface area contributed by atoms with Gasteiger partial charge in [-0.1, -0.05) is 32.0 Å². The molecular formula is C31H40N4O5. The Hall–Kier alpha value is -3.56. The fourth-order valence-corrected chi connectivity index (χ4v) is 5.99. The third-order valence-corrected chi connectivity index (χ3v) is 7.90. The van der Waals surface area contributed by atoms with Crippen LogP contribution in [0.1, 0.15) is 38.3 Å². The molecule has 2 aromatic rings. The number of para-hydroxylation sites is 2. The zero-order chi connectivity index (χ0) is 28.3. The van der Waals surface area contributed by atoms with Crippen LogP contribution >= 0.6 is 0 Å². The SMILES string of the molecule is COc1ccc(C2C3=C(CC(C)(C)CC3=O)Nc3ccccc3N2CC(=O)NCCN2CCOCC2)cc1OC. The van der Waals surface area contributed by atoms with Gasteiger partial charge in [-0.2, -0.15) is 0 Å². The summed E-state index contributed by atoms with van der Waals surface area (Å²) in [5, 5.41) is 6.71. The summed E-state index contributed by atoms with van der Waals surface area (Å²) >= 11 is 0. The van der Waals surface area contributed by atoms with Gasteiger partial charge in [0, 0.05) is 43.9 Å². The summed E-state index contributed by atoms with van der Waals surface area (Å²) in [5.74, 6) is 1.17. The molecule has 2 aromatic carbocycles. The van der Waals surface area contributed by atoms with Crippen LogP contribution in [0.25, 0.3) is 0 Å². The molecule has 5 rings (SSSR count). The van der Waals surface area contributed by atoms with Crippen LogP contribution in [0.5, 0.6) is 11.5 Å². The second kappa shape index (κ2) is 11.9. The lowest BCUT2D eigenvalue weighted by atomic mass is 9.73. The number of nitrogens with one attached hydrogen (secondary N) is 2. The van der Waals surface area contributed by atoms with Crippen molar-refractivity contribution in [1.82, 2.24) is 10.2 Å². The van der Waals surface area contributed by atoms with Crippen molar-refractivity contribution in [2.75, 3.05) is 70.4 Å². The number of amides is 1. The number of hydrogen-bond donors (Lipinski definition) is 2. The van der Waals surface area contributed by atoms with E-state index in [2.05, 4.69) is 29.4 Å². The molecule has 1 aliphatic carbocycles. The molecule has 2 N–H and O–H groups in total. The Labute approximate surface area is 236 Å². The molecule has 1 atom stereocenters. The number of ketones is 1. The number of benzene rings is 2. The zero-order valence-corrected chi connectivity index (χ0v) is 23.9. The van der Waals surface area contributed by atoms with Crippen molar-refractivity contribution in [1.29, 1.82) is 0 Å². The Balaban J connectivity index is 1.53. The van der Waals surface area contributed by atoms with Crippen LogP contribution in [0.3, 0.4) is 0 Å². The standard InChI is InChI=1S/C31H40N4O5/c1-31(2)18-23-29(25(36)19-31)30(21-9-10-26(38-3)27(17-21)39-4)35(24-8-6-5-7-22(24)33-23)20-28(37)32-11-12-34-13-15-40-16-14-34/h5-10,17,30,33H,11-16,18-20H2,1-4H3,(H,32,37). The predicted octanol–water partition coefficient (Wildman–Crippen LogP) is 3.77. The molecule has 1 amide bonds. The van der Waals surface area contributed by atoms with Crippen molar-refractivity contribution in [2.24, 2.45) is 5.41 Å². The molecule has 1 fully saturated rings. The number of Topliss-reactive ketones (excluding diaryl/α,β-unsaturated/α-hetero) is 1. The fourth-order valence-electron chi connectivity index (χ4n) is 5.99. The van der Waals surface area contributed by atoms with Gasteiger partial charge >= 0.3 is 0 Å². The fraction of sp³-hybridized carbons (Fsp3) is 0.484. The maximum Gasteiger partial charge on any atom is 0.239 e. The van der Waals surface area contributed by atoms with Gasteiger partial charge in [-0.25, -0.2) is 0 Å². The normalized spacial score (nSPS) is 20.6. The number of carbonyl (C=O) groups excluding carboxylic acids is 2. The lowest BCUT2D eigenvalue weighted by molar-refractivity contribution is -0.120. The van der Waals surface area contributed by atoms with E-state index in [1.54, 1.807) is 14.2 Å². The highest BCUT2D eigenvalue weighted by Gasteiger charge is 2.42. The molecule has 40 heavy (non-hydrogen) atoms. The molecule has 3 aliphatic rings. The molecule has 9 nitrogen and oxygen atoms in total. The Bertz CT molecular complexity index is 1280. The Morgan fingerprint density at radius 3 is 2.58 bits per heavy atom. The summed E-state index contributed by atoms with van der Waals surface area (Å²) in [7, 11) is 3.20. The van der Waals surface area contributed by atoms with Crippen LogP contribution in [0.4, 0.5) is 11.4 Å². The van der Waals surface area contributed by atoms with Crippen LogP contribution in [-0.4, -0.2) is 76.7 Å². The monoisotopic (exact) mass is 548 g/mol. The zero-order valence-electron chi connectivity index (χ0n) is 23.9. The second-order valence-corrected chi connectivity index (χ2v) is 11.4. The van der Waals surface area contributed by atoms with Crippen molar-refractivity contribution in [3.05, 3.63) is 59.3 Å². The Morgan fingerprint density at radius 2 is 1.82 bits per heavy atom. The topological polar surface area (TPSA) is 92.4 Å². The summed E-state index contributed by atoms with van der Waals surface area (Å²) in [6, 6.07) is 13.2. The van der Waals surface area contributed by atoms with Gasteiger partial charge in [0.15, 0.2) is 17.3 Å². The van der Waals surface area contributed by atoms with E-state index in [1.165, 1.54) is 0 Å². The summed E-state index contributed by atoms with van der Waals surface area (Å²) in [6.07, 6.45) is 1.17. The molecular weight excluding hydrogens is 508 g/mol. The molecule has 0 bridgehead atoms. The minimum absolute atomic E-state index is 0.0871. The molecule has 0 saturated carbocycles. The first kappa shape index (κ1) is 28.0. The minimum atomic E-state index is -0.487. The van der Waals surface area contributed by atoms with E-state index in [4.69, 9.17) is 14.2 Å². The number of rotatable bonds is 8. The van der Waals surface area contributed by atoms with E-state index in [9.17, 15) is 9.59 Å². The Morgan fingerprint density at radius 1 is 1.07 bits per heavy atom. The van der Waals surface area contributed by atoms with Crippen LogP contribution in [0.2, 0.25) is 0 Å². The number of hydrogen-bond acceptors (Lipinski definition) is 8. The van der Waals surface area contributed by atoms with Crippen molar-refractivity contribution in [3.8, 4) is 11.5 Å². The average molecular weight is 549 g/mol. The first-order valence-electron chi connectivity index (χ1n) is 14.0. The van der Waals surface area contributed by atoms with E-state index in [0.717, 1.165) is 61.9 Å². The van der Waals surface area contributed by atoms with E-state index < -0.39 is 6.04 Å². The summed E-state index contributed by atoms with van der Waals surface area (Å²) in [5.41, 5.74) is 4.03. The van der Waals surface area contributed by atoms with Gasteiger partial charge in [-0.3, -0.25) is 14.5 Å². The summed E-state index contributed by atoms with van der Waals surface area (Å²) < 4.78 is 16.6. The highest BCUT2D eigenvalue weighted by Crippen LogP contribution is 2.48. The van der Waals surface area contributed by atoms with Crippen molar-refractivity contribution < 1.29 is 23.8 Å². The molecule has 214 valence electrons. The van der Waals surface area contributed by atoms with Crippen molar-refractivity contribution in [3.63, 3.8) is 0 Å². The lowest BCUT2D eigenvalue weighted by Crippen LogP contribution is -2.45. The summed E-state index contributed by atoms with van der Waals surface area (Å²) in [4.78, 5) is 31.7. The molecule has 2 heterocycles. The maximum absolute atomic E-state index is 13.9. The number of allylic oxidation sites excluding steroid dienone is 1. The van der Waals surface area contributed by atoms with Crippen LogP contribution in [-0.2, 0) is 14.3 Å². The number of carbonyl (C=O) groups is 2. The number of fused-ring (bicyclic) bond motifs is 1. The predicted molar refractivity (Wildman–Crippen MR) is 155 cm³/mol. The number of anilines is 2. The third kappa shape index (κ3) is 5.95. The second-order valence-electron chi connectivity index (χ2n) is 11.4. The van der Waals surface area contributed by atoms with Crippen molar-refractivity contribution >= 4 is 23.1 Å². The summed E-state index contributed by atoms with van der Waals surface area (Å²) in [6.45, 7) is 8.85. The van der Waals surface area contributed by atoms with Gasteiger partial charge in [0.05, 0.1) is 51.4 Å². The molecule has 2 aliphatic heterocycles. The van der Waals surface area contributed by atoms with E-state index >= 15 is 0 Å². The van der Waals surface area contributed by atoms with E-state index in [-0.39, 0.29) is 23.7 Å². The molecule has 0 spiro atoms. The number of nitrogens with zero attached hydrogens (tertiary/aromatic N) is 2. The first-order valence-corrected chi connectivity index (χ1v) is 14.0. The van der Waals surface area contributed by atoms with Gasteiger partial charge < -0.3 is 29.7 Å². The maximum atomic E-state index is 13.9. The van der Waals surface area contributed by atoms with E-state index in [1.807, 2.05) is 47.4 Å². The number of morpholine rings is 1. The van der Waals surface area contributed by atoms with Crippen LogP contribution < -0.4 is 25.0 Å². The quantitative estimate of drug-likeness (QED) is 0.515. The highest BCUT2D eigenvalue weighted by molar-refractivity contribution is 6.02. The molecule has 0 aromatic heterocycles. The van der Waals surface area contributed by atoms with E-state index in [0.29, 0.717) is 30.0 Å². The molecule has 0 radical (unpaired) electrons. The van der Waals surface area contributed by atoms with Gasteiger partial charge in [0.25, 0.3) is 0 Å². The minimum Gasteiger partial charge on any atom is -0.493 e. The molecule has 9 heteroatoms. The number of methoxy groups -OCH3 is 2. The largest absolute Gasteiger partial charge is 0.493 e. The van der Waals surface area contributed by atoms with Gasteiger partial charge in [-0.05, 0) is 41.7 Å². The third-order valence-electron chi connectivity index (χ3n) is 7.90. The Kier molecular flexibility index (Phi) is 8.32. The van der Waals surface area contributed by atoms with Gasteiger partial charge in [0.1, 0.15) is 0 Å². The van der Waals surface area contributed by atoms with Gasteiger partial charge in [0.2, 0.25) is 5.91 Å². The highest BCUT2D eigenvalue weighted by atomic mass is 16.5. The first-order chi connectivity index (χ1) is 19.3. The van der Waals surface area contributed by atoms with Crippen LogP contribution in [0.15, 0.2) is 53.7 Å². The number of ether oxygens (including phenoxy) is 3. The molecule has 1 unspecified atom stereocenters.